The SMILES string of the molecule is Brc1nn2c(c1-c1ccc3ccnn3c1)CCCC2. The molecule has 0 spiro atoms. The van der Waals surface area contributed by atoms with Crippen LogP contribution in [0.4, 0.5) is 0 Å². The first-order chi connectivity index (χ1) is 9.33. The number of rotatable bonds is 1. The van der Waals surface area contributed by atoms with Gasteiger partial charge in [0, 0.05) is 35.8 Å². The normalized spacial score (nSPS) is 14.8. The Morgan fingerprint density at radius 3 is 3.05 bits per heavy atom. The van der Waals surface area contributed by atoms with Crippen LogP contribution >= 0.6 is 15.9 Å². The molecule has 0 unspecified atom stereocenters. The molecule has 4 heterocycles. The Morgan fingerprint density at radius 2 is 2.11 bits per heavy atom. The Balaban J connectivity index is 1.93. The third-order valence-electron chi connectivity index (χ3n) is 3.73. The van der Waals surface area contributed by atoms with Crippen LogP contribution in [0.5, 0.6) is 0 Å². The molecule has 1 aliphatic rings. The van der Waals surface area contributed by atoms with Gasteiger partial charge < -0.3 is 0 Å². The van der Waals surface area contributed by atoms with E-state index in [1.54, 1.807) is 0 Å². The van der Waals surface area contributed by atoms with Crippen LogP contribution in [0.25, 0.3) is 16.6 Å². The second-order valence-electron chi connectivity index (χ2n) is 4.91. The van der Waals surface area contributed by atoms with Crippen LogP contribution in [-0.2, 0) is 13.0 Å². The number of hydrogen-bond acceptors (Lipinski definition) is 2. The first-order valence-electron chi connectivity index (χ1n) is 6.52. The van der Waals surface area contributed by atoms with Crippen LogP contribution in [0.2, 0.25) is 0 Å². The quantitative estimate of drug-likeness (QED) is 0.690. The van der Waals surface area contributed by atoms with E-state index < -0.39 is 0 Å². The maximum Gasteiger partial charge on any atom is 0.136 e. The summed E-state index contributed by atoms with van der Waals surface area (Å²) in [5, 5.41) is 8.90. The van der Waals surface area contributed by atoms with Crippen molar-refractivity contribution in [2.45, 2.75) is 25.8 Å². The van der Waals surface area contributed by atoms with Crippen LogP contribution in [0.15, 0.2) is 35.2 Å². The molecule has 19 heavy (non-hydrogen) atoms. The first-order valence-corrected chi connectivity index (χ1v) is 7.31. The minimum atomic E-state index is 0.941. The molecule has 0 atom stereocenters. The number of nitrogens with zero attached hydrogens (tertiary/aromatic N) is 4. The predicted octanol–water partition coefficient (Wildman–Crippen LogP) is 3.30. The Morgan fingerprint density at radius 1 is 1.16 bits per heavy atom. The van der Waals surface area contributed by atoms with Crippen LogP contribution in [-0.4, -0.2) is 19.4 Å². The fraction of sp³-hybridized carbons (Fsp3) is 0.286. The van der Waals surface area contributed by atoms with Gasteiger partial charge in [-0.1, -0.05) is 6.07 Å². The molecule has 1 aliphatic heterocycles. The van der Waals surface area contributed by atoms with Gasteiger partial charge in [-0.2, -0.15) is 10.2 Å². The summed E-state index contributed by atoms with van der Waals surface area (Å²) in [6.07, 6.45) is 7.47. The fourth-order valence-electron chi connectivity index (χ4n) is 2.81. The maximum absolute atomic E-state index is 4.60. The van der Waals surface area contributed by atoms with E-state index in [0.717, 1.165) is 23.1 Å². The number of halogens is 1. The summed E-state index contributed by atoms with van der Waals surface area (Å²) >= 11 is 3.61. The van der Waals surface area contributed by atoms with Gasteiger partial charge in [0.05, 0.1) is 5.52 Å². The van der Waals surface area contributed by atoms with Gasteiger partial charge in [-0.3, -0.25) is 4.68 Å². The van der Waals surface area contributed by atoms with Gasteiger partial charge in [-0.15, -0.1) is 0 Å². The molecule has 4 rings (SSSR count). The highest BCUT2D eigenvalue weighted by molar-refractivity contribution is 9.10. The topological polar surface area (TPSA) is 35.1 Å². The molecule has 0 bridgehead atoms. The summed E-state index contributed by atoms with van der Waals surface area (Å²) in [6, 6.07) is 6.25. The van der Waals surface area contributed by atoms with Crippen molar-refractivity contribution in [1.82, 2.24) is 19.4 Å². The molecule has 3 aromatic heterocycles. The largest absolute Gasteiger partial charge is 0.268 e. The van der Waals surface area contributed by atoms with E-state index in [1.165, 1.54) is 29.7 Å². The van der Waals surface area contributed by atoms with Crippen molar-refractivity contribution in [2.75, 3.05) is 0 Å². The monoisotopic (exact) mass is 316 g/mol. The average molecular weight is 317 g/mol. The van der Waals surface area contributed by atoms with Crippen molar-refractivity contribution in [3.8, 4) is 11.1 Å². The van der Waals surface area contributed by atoms with Crippen LogP contribution in [0.3, 0.4) is 0 Å². The van der Waals surface area contributed by atoms with Gasteiger partial charge in [0.1, 0.15) is 4.60 Å². The Kier molecular flexibility index (Phi) is 2.48. The van der Waals surface area contributed by atoms with Crippen LogP contribution in [0.1, 0.15) is 18.5 Å². The number of hydrogen-bond donors (Lipinski definition) is 0. The number of aryl methyl sites for hydroxylation is 1. The molecule has 3 aromatic rings. The molecule has 0 fully saturated rings. The van der Waals surface area contributed by atoms with Gasteiger partial charge in [0.25, 0.3) is 0 Å². The van der Waals surface area contributed by atoms with Gasteiger partial charge in [0.2, 0.25) is 0 Å². The molecule has 0 amide bonds. The smallest absolute Gasteiger partial charge is 0.136 e. The minimum absolute atomic E-state index is 0.941. The van der Waals surface area contributed by atoms with Gasteiger partial charge in [-0.05, 0) is 47.3 Å². The average Bonchev–Trinajstić information content (AvgIpc) is 3.00. The third-order valence-corrected chi connectivity index (χ3v) is 4.29. The van der Waals surface area contributed by atoms with Gasteiger partial charge in [-0.25, -0.2) is 4.52 Å². The highest BCUT2D eigenvalue weighted by Gasteiger charge is 2.20. The van der Waals surface area contributed by atoms with E-state index in [9.17, 15) is 0 Å². The molecule has 0 N–H and O–H groups in total. The predicted molar refractivity (Wildman–Crippen MR) is 77.1 cm³/mol. The molecular formula is C14H13BrN4. The van der Waals surface area contributed by atoms with E-state index in [-0.39, 0.29) is 0 Å². The molecule has 0 saturated heterocycles. The van der Waals surface area contributed by atoms with Crippen molar-refractivity contribution < 1.29 is 0 Å². The van der Waals surface area contributed by atoms with Crippen molar-refractivity contribution in [3.63, 3.8) is 0 Å². The van der Waals surface area contributed by atoms with E-state index in [1.807, 2.05) is 16.8 Å². The van der Waals surface area contributed by atoms with Gasteiger partial charge in [0.15, 0.2) is 0 Å². The zero-order valence-corrected chi connectivity index (χ0v) is 12.0. The molecule has 5 heteroatoms. The summed E-state index contributed by atoms with van der Waals surface area (Å²) in [6.45, 7) is 1.03. The Hall–Kier alpha value is -1.62. The number of pyridine rings is 1. The summed E-state index contributed by atoms with van der Waals surface area (Å²) in [5.74, 6) is 0. The van der Waals surface area contributed by atoms with Gasteiger partial charge >= 0.3 is 0 Å². The number of fused-ring (bicyclic) bond motifs is 2. The molecule has 0 radical (unpaired) electrons. The number of aromatic nitrogens is 4. The van der Waals surface area contributed by atoms with E-state index in [4.69, 9.17) is 0 Å². The minimum Gasteiger partial charge on any atom is -0.268 e. The van der Waals surface area contributed by atoms with E-state index >= 15 is 0 Å². The lowest BCUT2D eigenvalue weighted by Crippen LogP contribution is -2.11. The van der Waals surface area contributed by atoms with E-state index in [2.05, 4.69) is 49.1 Å². The molecule has 96 valence electrons. The zero-order valence-electron chi connectivity index (χ0n) is 10.4. The molecule has 0 aromatic carbocycles. The second kappa shape index (κ2) is 4.20. The summed E-state index contributed by atoms with van der Waals surface area (Å²) in [7, 11) is 0. The van der Waals surface area contributed by atoms with Crippen molar-refractivity contribution in [2.24, 2.45) is 0 Å². The third kappa shape index (κ3) is 1.72. The lowest BCUT2D eigenvalue weighted by Gasteiger charge is -2.14. The Bertz CT molecular complexity index is 756. The first kappa shape index (κ1) is 11.2. The molecule has 0 saturated carbocycles. The molecular weight excluding hydrogens is 304 g/mol. The fourth-order valence-corrected chi connectivity index (χ4v) is 3.45. The lowest BCUT2D eigenvalue weighted by molar-refractivity contribution is 0.485. The lowest BCUT2D eigenvalue weighted by atomic mass is 10.0. The second-order valence-corrected chi connectivity index (χ2v) is 5.66. The van der Waals surface area contributed by atoms with Crippen LogP contribution in [0, 0.1) is 0 Å². The molecule has 0 aliphatic carbocycles. The van der Waals surface area contributed by atoms with Crippen molar-refractivity contribution >= 4 is 21.4 Å². The zero-order chi connectivity index (χ0) is 12.8. The highest BCUT2D eigenvalue weighted by atomic mass is 79.9. The standard InChI is InChI=1S/C14H13BrN4/c15-14-13(12-3-1-2-8-18(12)17-14)10-4-5-11-6-7-16-19(11)9-10/h4-7,9H,1-3,8H2. The Labute approximate surface area is 119 Å². The van der Waals surface area contributed by atoms with Crippen molar-refractivity contribution in [1.29, 1.82) is 0 Å². The summed E-state index contributed by atoms with van der Waals surface area (Å²) < 4.78 is 4.99. The highest BCUT2D eigenvalue weighted by Crippen LogP contribution is 2.34. The van der Waals surface area contributed by atoms with Crippen LogP contribution < -0.4 is 0 Å². The van der Waals surface area contributed by atoms with Crippen molar-refractivity contribution in [3.05, 3.63) is 40.9 Å². The summed E-state index contributed by atoms with van der Waals surface area (Å²) in [5.41, 5.74) is 4.84. The van der Waals surface area contributed by atoms with E-state index in [0.29, 0.717) is 0 Å². The summed E-state index contributed by atoms with van der Waals surface area (Å²) in [4.78, 5) is 0. The molecule has 4 nitrogen and oxygen atoms in total. The maximum atomic E-state index is 4.60.